The first kappa shape index (κ1) is 16.2. The van der Waals surface area contributed by atoms with E-state index in [-0.39, 0.29) is 5.91 Å². The van der Waals surface area contributed by atoms with Crippen LogP contribution in [-0.2, 0) is 0 Å². The lowest BCUT2D eigenvalue weighted by molar-refractivity contribution is 0.0938. The Hall–Kier alpha value is -1.16. The maximum absolute atomic E-state index is 12.3. The van der Waals surface area contributed by atoms with E-state index in [0.717, 1.165) is 36.4 Å². The van der Waals surface area contributed by atoms with Crippen molar-refractivity contribution in [3.8, 4) is 0 Å². The van der Waals surface area contributed by atoms with Crippen molar-refractivity contribution in [3.05, 3.63) is 29.8 Å². The molecule has 0 spiro atoms. The molecule has 0 aromatic heterocycles. The Morgan fingerprint density at radius 2 is 2.00 bits per heavy atom. The molecule has 2 N–H and O–H groups in total. The summed E-state index contributed by atoms with van der Waals surface area (Å²) in [6.45, 7) is 5.29. The molecule has 2 rings (SSSR count). The third-order valence-corrected chi connectivity index (χ3v) is 5.20. The van der Waals surface area contributed by atoms with Crippen LogP contribution < -0.4 is 10.6 Å². The summed E-state index contributed by atoms with van der Waals surface area (Å²) >= 11 is 1.97. The number of hydrogen-bond donors (Lipinski definition) is 2. The van der Waals surface area contributed by atoms with E-state index in [1.807, 2.05) is 36.0 Å². The highest BCUT2D eigenvalue weighted by atomic mass is 32.2. The Bertz CT molecular complexity index is 447. The van der Waals surface area contributed by atoms with E-state index in [4.69, 9.17) is 0 Å². The van der Waals surface area contributed by atoms with Gasteiger partial charge in [0.15, 0.2) is 0 Å². The molecule has 116 valence electrons. The Kier molecular flexibility index (Phi) is 6.43. The molecule has 1 amide bonds. The molecule has 4 heteroatoms. The van der Waals surface area contributed by atoms with Crippen molar-refractivity contribution < 1.29 is 4.79 Å². The fraction of sp³-hybridized carbons (Fsp3) is 0.588. The molecule has 2 unspecified atom stereocenters. The van der Waals surface area contributed by atoms with Gasteiger partial charge in [-0.2, -0.15) is 11.8 Å². The van der Waals surface area contributed by atoms with Gasteiger partial charge in [-0.15, -0.1) is 0 Å². The molecule has 0 aliphatic heterocycles. The van der Waals surface area contributed by atoms with Crippen LogP contribution in [0.2, 0.25) is 0 Å². The van der Waals surface area contributed by atoms with Crippen molar-refractivity contribution in [1.29, 1.82) is 0 Å². The molecule has 2 atom stereocenters. The van der Waals surface area contributed by atoms with Gasteiger partial charge in [0.1, 0.15) is 0 Å². The first-order chi connectivity index (χ1) is 10.2. The van der Waals surface area contributed by atoms with Gasteiger partial charge in [-0.05, 0) is 49.3 Å². The first-order valence-corrected chi connectivity index (χ1v) is 9.05. The fourth-order valence-corrected chi connectivity index (χ4v) is 3.96. The molecular weight excluding hydrogens is 280 g/mol. The van der Waals surface area contributed by atoms with Gasteiger partial charge in [-0.25, -0.2) is 0 Å². The highest BCUT2D eigenvalue weighted by molar-refractivity contribution is 7.99. The topological polar surface area (TPSA) is 41.1 Å². The largest absolute Gasteiger partial charge is 0.385 e. The lowest BCUT2D eigenvalue weighted by Crippen LogP contribution is -2.38. The summed E-state index contributed by atoms with van der Waals surface area (Å²) in [6, 6.07) is 8.11. The van der Waals surface area contributed by atoms with Crippen molar-refractivity contribution in [2.75, 3.05) is 17.6 Å². The second-order valence-corrected chi connectivity index (χ2v) is 7.02. The maximum atomic E-state index is 12.3. The monoisotopic (exact) mass is 306 g/mol. The number of amides is 1. The van der Waals surface area contributed by atoms with Crippen molar-refractivity contribution in [2.45, 2.75) is 50.8 Å². The first-order valence-electron chi connectivity index (χ1n) is 8.01. The van der Waals surface area contributed by atoms with Crippen LogP contribution in [0.1, 0.15) is 49.9 Å². The van der Waals surface area contributed by atoms with Crippen LogP contribution in [0.4, 0.5) is 5.69 Å². The molecule has 0 radical (unpaired) electrons. The smallest absolute Gasteiger partial charge is 0.251 e. The van der Waals surface area contributed by atoms with Crippen LogP contribution in [0.25, 0.3) is 0 Å². The highest BCUT2D eigenvalue weighted by Crippen LogP contribution is 2.30. The average molecular weight is 306 g/mol. The van der Waals surface area contributed by atoms with Crippen LogP contribution in [0.15, 0.2) is 24.3 Å². The molecular formula is C17H26N2OS. The summed E-state index contributed by atoms with van der Waals surface area (Å²) < 4.78 is 0. The van der Waals surface area contributed by atoms with E-state index in [2.05, 4.69) is 24.5 Å². The molecule has 0 saturated heterocycles. The third kappa shape index (κ3) is 4.67. The van der Waals surface area contributed by atoms with Crippen LogP contribution in [0.5, 0.6) is 0 Å². The lowest BCUT2D eigenvalue weighted by atomic mass is 10.1. The van der Waals surface area contributed by atoms with Crippen LogP contribution in [-0.4, -0.2) is 29.5 Å². The molecule has 3 nitrogen and oxygen atoms in total. The number of benzene rings is 1. The zero-order valence-electron chi connectivity index (χ0n) is 13.0. The quantitative estimate of drug-likeness (QED) is 0.802. The summed E-state index contributed by atoms with van der Waals surface area (Å²) in [5.74, 6) is 1.18. The minimum absolute atomic E-state index is 0.0608. The number of rotatable bonds is 7. The van der Waals surface area contributed by atoms with Gasteiger partial charge < -0.3 is 10.6 Å². The molecule has 1 saturated carbocycles. The number of hydrogen-bond acceptors (Lipinski definition) is 3. The van der Waals surface area contributed by atoms with E-state index < -0.39 is 0 Å². The number of carbonyl (C=O) groups excluding carboxylic acids is 1. The summed E-state index contributed by atoms with van der Waals surface area (Å²) in [7, 11) is 0. The molecule has 1 aliphatic rings. The minimum Gasteiger partial charge on any atom is -0.385 e. The van der Waals surface area contributed by atoms with E-state index in [0.29, 0.717) is 11.3 Å². The normalized spacial score (nSPS) is 21.2. The number of anilines is 1. The molecule has 0 heterocycles. The molecule has 0 bridgehead atoms. The van der Waals surface area contributed by atoms with Gasteiger partial charge in [0.25, 0.3) is 5.91 Å². The zero-order valence-corrected chi connectivity index (χ0v) is 13.8. The van der Waals surface area contributed by atoms with E-state index in [1.165, 1.54) is 12.8 Å². The zero-order chi connectivity index (χ0) is 15.1. The SMILES string of the molecule is CCCNc1ccc(C(=O)NC2CCCC2SCC)cc1. The Balaban J connectivity index is 1.90. The Morgan fingerprint density at radius 1 is 1.24 bits per heavy atom. The van der Waals surface area contributed by atoms with Crippen molar-refractivity contribution in [2.24, 2.45) is 0 Å². The third-order valence-electron chi connectivity index (χ3n) is 3.88. The van der Waals surface area contributed by atoms with Gasteiger partial charge in [-0.3, -0.25) is 4.79 Å². The standard InChI is InChI=1S/C17H26N2OS/c1-3-12-18-14-10-8-13(9-11-14)17(20)19-15-6-5-7-16(15)21-4-2/h8-11,15-16,18H,3-7,12H2,1-2H3,(H,19,20). The van der Waals surface area contributed by atoms with Crippen molar-refractivity contribution >= 4 is 23.4 Å². The number of thioether (sulfide) groups is 1. The Labute approximate surface area is 132 Å². The molecule has 1 fully saturated rings. The summed E-state index contributed by atoms with van der Waals surface area (Å²) in [5.41, 5.74) is 1.83. The number of nitrogens with one attached hydrogen (secondary N) is 2. The summed E-state index contributed by atoms with van der Waals surface area (Å²) in [5, 5.41) is 7.12. The van der Waals surface area contributed by atoms with Crippen molar-refractivity contribution in [1.82, 2.24) is 5.32 Å². The predicted molar refractivity (Wildman–Crippen MR) is 92.2 cm³/mol. The fourth-order valence-electron chi connectivity index (χ4n) is 2.77. The maximum Gasteiger partial charge on any atom is 0.251 e. The minimum atomic E-state index is 0.0608. The van der Waals surface area contributed by atoms with Crippen LogP contribution >= 0.6 is 11.8 Å². The van der Waals surface area contributed by atoms with Crippen LogP contribution in [0, 0.1) is 0 Å². The molecule has 21 heavy (non-hydrogen) atoms. The Morgan fingerprint density at radius 3 is 2.67 bits per heavy atom. The molecule has 1 aromatic rings. The van der Waals surface area contributed by atoms with Gasteiger partial charge in [0, 0.05) is 29.1 Å². The van der Waals surface area contributed by atoms with Crippen molar-refractivity contribution in [3.63, 3.8) is 0 Å². The van der Waals surface area contributed by atoms with E-state index in [9.17, 15) is 4.79 Å². The number of carbonyl (C=O) groups is 1. The second kappa shape index (κ2) is 8.32. The van der Waals surface area contributed by atoms with Crippen LogP contribution in [0.3, 0.4) is 0 Å². The van der Waals surface area contributed by atoms with E-state index >= 15 is 0 Å². The van der Waals surface area contributed by atoms with E-state index in [1.54, 1.807) is 0 Å². The summed E-state index contributed by atoms with van der Waals surface area (Å²) in [4.78, 5) is 12.3. The lowest BCUT2D eigenvalue weighted by Gasteiger charge is -2.20. The molecule has 1 aromatic carbocycles. The van der Waals surface area contributed by atoms with Gasteiger partial charge in [-0.1, -0.05) is 20.3 Å². The molecule has 1 aliphatic carbocycles. The van der Waals surface area contributed by atoms with Gasteiger partial charge in [0.05, 0.1) is 0 Å². The second-order valence-electron chi connectivity index (χ2n) is 5.51. The highest BCUT2D eigenvalue weighted by Gasteiger charge is 2.28. The summed E-state index contributed by atoms with van der Waals surface area (Å²) in [6.07, 6.45) is 4.66. The van der Waals surface area contributed by atoms with Gasteiger partial charge in [0.2, 0.25) is 0 Å². The van der Waals surface area contributed by atoms with Gasteiger partial charge >= 0.3 is 0 Å². The predicted octanol–water partition coefficient (Wildman–Crippen LogP) is 3.91. The average Bonchev–Trinajstić information content (AvgIpc) is 2.93.